The first-order valence-electron chi connectivity index (χ1n) is 6.03. The maximum atomic E-state index is 11.2. The van der Waals surface area contributed by atoms with Gasteiger partial charge in [-0.15, -0.1) is 0 Å². The van der Waals surface area contributed by atoms with Gasteiger partial charge in [-0.25, -0.2) is 15.8 Å². The monoisotopic (exact) mass is 305 g/mol. The molecule has 0 bridgehead atoms. The van der Waals surface area contributed by atoms with Crippen molar-refractivity contribution in [2.45, 2.75) is 5.03 Å². The number of nitrogen functional groups attached to an aromatic ring is 1. The minimum Gasteiger partial charge on any atom is -0.497 e. The van der Waals surface area contributed by atoms with Crippen LogP contribution in [0.1, 0.15) is 0 Å². The van der Waals surface area contributed by atoms with E-state index in [1.165, 1.54) is 11.8 Å². The molecule has 2 rings (SSSR count). The van der Waals surface area contributed by atoms with Crippen LogP contribution in [-0.4, -0.2) is 28.7 Å². The average Bonchev–Trinajstić information content (AvgIpc) is 2.52. The number of rotatable bonds is 5. The molecule has 1 aromatic carbocycles. The third-order valence-electron chi connectivity index (χ3n) is 2.58. The molecule has 0 aliphatic carbocycles. The van der Waals surface area contributed by atoms with Crippen LogP contribution in [0.25, 0.3) is 11.4 Å². The van der Waals surface area contributed by atoms with E-state index in [-0.39, 0.29) is 11.7 Å². The number of thioether (sulfide) groups is 1. The Morgan fingerprint density at radius 3 is 2.67 bits per heavy atom. The lowest BCUT2D eigenvalue weighted by molar-refractivity contribution is -0.118. The Hall–Kier alpha value is -2.32. The minimum absolute atomic E-state index is 0.162. The Labute approximate surface area is 126 Å². The molecule has 0 aliphatic rings. The lowest BCUT2D eigenvalue weighted by atomic mass is 10.2. The molecule has 0 saturated carbocycles. The molecule has 0 saturated heterocycles. The molecular formula is C13H15N5O2S. The van der Waals surface area contributed by atoms with Crippen molar-refractivity contribution in [3.63, 3.8) is 0 Å². The van der Waals surface area contributed by atoms with Gasteiger partial charge in [0.2, 0.25) is 5.91 Å². The molecule has 0 aliphatic heterocycles. The molecule has 0 spiro atoms. The number of amides is 1. The zero-order chi connectivity index (χ0) is 15.2. The largest absolute Gasteiger partial charge is 0.497 e. The molecule has 1 aromatic heterocycles. The van der Waals surface area contributed by atoms with Gasteiger partial charge in [0.25, 0.3) is 0 Å². The molecule has 2 aromatic rings. The summed E-state index contributed by atoms with van der Waals surface area (Å²) in [6.07, 6.45) is 0. The van der Waals surface area contributed by atoms with Crippen LogP contribution in [0, 0.1) is 0 Å². The van der Waals surface area contributed by atoms with Gasteiger partial charge in [0.1, 0.15) is 16.6 Å². The van der Waals surface area contributed by atoms with Crippen molar-refractivity contribution in [1.82, 2.24) is 15.4 Å². The first kappa shape index (κ1) is 15.1. The second-order valence-corrected chi connectivity index (χ2v) is 5.03. The van der Waals surface area contributed by atoms with Gasteiger partial charge >= 0.3 is 0 Å². The zero-order valence-corrected chi connectivity index (χ0v) is 12.2. The number of hydrazine groups is 1. The van der Waals surface area contributed by atoms with E-state index >= 15 is 0 Å². The summed E-state index contributed by atoms with van der Waals surface area (Å²) >= 11 is 1.24. The number of carbonyl (C=O) groups is 1. The quantitative estimate of drug-likeness (QED) is 0.246. The van der Waals surface area contributed by atoms with Crippen LogP contribution in [0.5, 0.6) is 5.75 Å². The molecule has 0 unspecified atom stereocenters. The van der Waals surface area contributed by atoms with E-state index in [9.17, 15) is 4.79 Å². The van der Waals surface area contributed by atoms with Crippen LogP contribution in [0.3, 0.4) is 0 Å². The van der Waals surface area contributed by atoms with Crippen molar-refractivity contribution >= 4 is 23.5 Å². The first-order chi connectivity index (χ1) is 10.1. The van der Waals surface area contributed by atoms with E-state index in [1.807, 2.05) is 24.3 Å². The molecule has 7 nitrogen and oxygen atoms in total. The molecule has 0 radical (unpaired) electrons. The number of carbonyl (C=O) groups excluding carboxylic acids is 1. The SMILES string of the molecule is COc1ccc(-c2nc(N)cc(SCC(=O)NN)n2)cc1. The van der Waals surface area contributed by atoms with E-state index < -0.39 is 0 Å². The van der Waals surface area contributed by atoms with Crippen LogP contribution in [0.4, 0.5) is 5.82 Å². The lowest BCUT2D eigenvalue weighted by Crippen LogP contribution is -2.31. The lowest BCUT2D eigenvalue weighted by Gasteiger charge is -2.06. The van der Waals surface area contributed by atoms with E-state index in [4.69, 9.17) is 16.3 Å². The van der Waals surface area contributed by atoms with E-state index in [0.29, 0.717) is 16.7 Å². The zero-order valence-electron chi connectivity index (χ0n) is 11.4. The van der Waals surface area contributed by atoms with Gasteiger partial charge < -0.3 is 10.5 Å². The third kappa shape index (κ3) is 4.07. The minimum atomic E-state index is -0.289. The van der Waals surface area contributed by atoms with E-state index in [1.54, 1.807) is 13.2 Å². The first-order valence-corrected chi connectivity index (χ1v) is 7.02. The molecule has 110 valence electrons. The van der Waals surface area contributed by atoms with E-state index in [2.05, 4.69) is 15.4 Å². The number of benzene rings is 1. The molecular weight excluding hydrogens is 290 g/mol. The summed E-state index contributed by atoms with van der Waals surface area (Å²) < 4.78 is 5.10. The summed E-state index contributed by atoms with van der Waals surface area (Å²) in [6, 6.07) is 8.93. The summed E-state index contributed by atoms with van der Waals surface area (Å²) in [5.74, 6) is 6.49. The number of anilines is 1. The Bertz CT molecular complexity index is 633. The number of nitrogens with one attached hydrogen (secondary N) is 1. The summed E-state index contributed by atoms with van der Waals surface area (Å²) in [7, 11) is 1.60. The van der Waals surface area contributed by atoms with Gasteiger partial charge in [0.15, 0.2) is 5.82 Å². The molecule has 5 N–H and O–H groups in total. The fraction of sp³-hybridized carbons (Fsp3) is 0.154. The summed E-state index contributed by atoms with van der Waals surface area (Å²) in [5.41, 5.74) is 8.65. The third-order valence-corrected chi connectivity index (χ3v) is 3.49. The topological polar surface area (TPSA) is 116 Å². The molecule has 1 amide bonds. The Morgan fingerprint density at radius 2 is 2.05 bits per heavy atom. The fourth-order valence-electron chi connectivity index (χ4n) is 1.57. The number of hydrogen-bond acceptors (Lipinski definition) is 7. The number of hydrogen-bond donors (Lipinski definition) is 3. The Morgan fingerprint density at radius 1 is 1.33 bits per heavy atom. The molecule has 0 fully saturated rings. The highest BCUT2D eigenvalue weighted by Crippen LogP contribution is 2.24. The normalized spacial score (nSPS) is 10.2. The van der Waals surface area contributed by atoms with Gasteiger partial charge in [-0.05, 0) is 24.3 Å². The van der Waals surface area contributed by atoms with Gasteiger partial charge in [0, 0.05) is 11.6 Å². The van der Waals surface area contributed by atoms with Crippen LogP contribution in [0.15, 0.2) is 35.4 Å². The van der Waals surface area contributed by atoms with E-state index in [0.717, 1.165) is 11.3 Å². The predicted octanol–water partition coefficient (Wildman–Crippen LogP) is 0.816. The van der Waals surface area contributed by atoms with Crippen molar-refractivity contribution in [3.8, 4) is 17.1 Å². The highest BCUT2D eigenvalue weighted by Gasteiger charge is 2.08. The van der Waals surface area contributed by atoms with Crippen molar-refractivity contribution in [3.05, 3.63) is 30.3 Å². The van der Waals surface area contributed by atoms with Crippen molar-refractivity contribution in [2.75, 3.05) is 18.6 Å². The molecule has 21 heavy (non-hydrogen) atoms. The van der Waals surface area contributed by atoms with Gasteiger partial charge in [-0.1, -0.05) is 11.8 Å². The van der Waals surface area contributed by atoms with Crippen molar-refractivity contribution in [1.29, 1.82) is 0 Å². The number of nitrogens with two attached hydrogens (primary N) is 2. The van der Waals surface area contributed by atoms with Crippen LogP contribution in [-0.2, 0) is 4.79 Å². The Balaban J connectivity index is 2.22. The van der Waals surface area contributed by atoms with Crippen LogP contribution < -0.4 is 21.7 Å². The second kappa shape index (κ2) is 6.91. The smallest absolute Gasteiger partial charge is 0.244 e. The molecule has 8 heteroatoms. The second-order valence-electron chi connectivity index (χ2n) is 4.04. The van der Waals surface area contributed by atoms with Crippen molar-refractivity contribution < 1.29 is 9.53 Å². The van der Waals surface area contributed by atoms with Gasteiger partial charge in [-0.3, -0.25) is 10.2 Å². The van der Waals surface area contributed by atoms with Gasteiger partial charge in [0.05, 0.1) is 12.9 Å². The number of nitrogens with zero attached hydrogens (tertiary/aromatic N) is 2. The standard InChI is InChI=1S/C13H15N5O2S/c1-20-9-4-2-8(3-5-9)13-16-10(14)6-12(17-13)21-7-11(19)18-15/h2-6H,7,15H2,1H3,(H,18,19)(H2,14,16,17). The highest BCUT2D eigenvalue weighted by molar-refractivity contribution is 7.99. The average molecular weight is 305 g/mol. The number of methoxy groups -OCH3 is 1. The molecule has 0 atom stereocenters. The predicted molar refractivity (Wildman–Crippen MR) is 81.5 cm³/mol. The summed E-state index contributed by atoms with van der Waals surface area (Å²) in [5, 5.41) is 0.608. The fourth-order valence-corrected chi connectivity index (χ4v) is 2.28. The summed E-state index contributed by atoms with van der Waals surface area (Å²) in [6.45, 7) is 0. The number of ether oxygens (including phenoxy) is 1. The highest BCUT2D eigenvalue weighted by atomic mass is 32.2. The maximum Gasteiger partial charge on any atom is 0.244 e. The Kier molecular flexibility index (Phi) is 4.96. The number of aromatic nitrogens is 2. The van der Waals surface area contributed by atoms with Gasteiger partial charge in [-0.2, -0.15) is 0 Å². The van der Waals surface area contributed by atoms with Crippen LogP contribution in [0.2, 0.25) is 0 Å². The van der Waals surface area contributed by atoms with Crippen LogP contribution >= 0.6 is 11.8 Å². The van der Waals surface area contributed by atoms with Crippen molar-refractivity contribution in [2.24, 2.45) is 5.84 Å². The summed E-state index contributed by atoms with van der Waals surface area (Å²) in [4.78, 5) is 19.7. The maximum absolute atomic E-state index is 11.2. The molecule has 1 heterocycles.